The lowest BCUT2D eigenvalue weighted by Gasteiger charge is -2.07. The smallest absolute Gasteiger partial charge is 0.200 e. The maximum Gasteiger partial charge on any atom is 0.200 e. The maximum atomic E-state index is 13.6. The zero-order chi connectivity index (χ0) is 13.8. The van der Waals surface area contributed by atoms with E-state index in [1.54, 1.807) is 24.3 Å². The summed E-state index contributed by atoms with van der Waals surface area (Å²) in [6.45, 7) is 1.68. The van der Waals surface area contributed by atoms with Gasteiger partial charge >= 0.3 is 0 Å². The van der Waals surface area contributed by atoms with Gasteiger partial charge in [-0.3, -0.25) is 4.79 Å². The van der Waals surface area contributed by atoms with Gasteiger partial charge in [0.1, 0.15) is 0 Å². The van der Waals surface area contributed by atoms with E-state index in [0.29, 0.717) is 5.56 Å². The summed E-state index contributed by atoms with van der Waals surface area (Å²) in [5.41, 5.74) is 1.53. The molecule has 0 N–H and O–H groups in total. The number of benzene rings is 2. The molecule has 0 saturated carbocycles. The lowest BCUT2D eigenvalue weighted by Crippen LogP contribution is -2.12. The van der Waals surface area contributed by atoms with Gasteiger partial charge in [0.25, 0.3) is 0 Å². The second-order valence-corrected chi connectivity index (χ2v) is 4.54. The molecule has 0 radical (unpaired) electrons. The Morgan fingerprint density at radius 1 is 1.26 bits per heavy atom. The summed E-state index contributed by atoms with van der Waals surface area (Å²) in [7, 11) is 0. The number of Topliss-reactive ketones (excluding diaryl/α,β-unsaturated/α-hetero) is 1. The van der Waals surface area contributed by atoms with Crippen molar-refractivity contribution < 1.29 is 13.9 Å². The number of aryl methyl sites for hydroxylation is 1. The second-order valence-electron chi connectivity index (χ2n) is 4.13. The Hall–Kier alpha value is -1.87. The molecule has 0 fully saturated rings. The number of hydrogen-bond acceptors (Lipinski definition) is 2. The third-order valence-corrected chi connectivity index (χ3v) is 2.91. The van der Waals surface area contributed by atoms with E-state index in [0.717, 1.165) is 5.56 Å². The van der Waals surface area contributed by atoms with Crippen molar-refractivity contribution in [2.45, 2.75) is 6.92 Å². The van der Waals surface area contributed by atoms with Crippen LogP contribution in [0.4, 0.5) is 4.39 Å². The van der Waals surface area contributed by atoms with Gasteiger partial charge in [-0.1, -0.05) is 41.4 Å². The minimum absolute atomic E-state index is 0.0199. The molecule has 0 atom stereocenters. The first kappa shape index (κ1) is 13.6. The molecule has 2 aromatic carbocycles. The number of rotatable bonds is 4. The van der Waals surface area contributed by atoms with Gasteiger partial charge in [0, 0.05) is 5.56 Å². The van der Waals surface area contributed by atoms with E-state index < -0.39 is 5.82 Å². The van der Waals surface area contributed by atoms with Crippen LogP contribution in [0, 0.1) is 12.7 Å². The predicted octanol–water partition coefficient (Wildman–Crippen LogP) is 4.05. The zero-order valence-corrected chi connectivity index (χ0v) is 11.1. The van der Waals surface area contributed by atoms with Gasteiger partial charge in [-0.05, 0) is 25.1 Å². The lowest BCUT2D eigenvalue weighted by molar-refractivity contribution is 0.0918. The van der Waals surface area contributed by atoms with Crippen molar-refractivity contribution in [3.63, 3.8) is 0 Å². The molecule has 2 rings (SSSR count). The first-order valence-electron chi connectivity index (χ1n) is 5.74. The Morgan fingerprint density at radius 2 is 2.00 bits per heavy atom. The van der Waals surface area contributed by atoms with Crippen LogP contribution in [0.25, 0.3) is 0 Å². The molecule has 0 aromatic heterocycles. The molecule has 0 aliphatic carbocycles. The minimum Gasteiger partial charge on any atom is -0.482 e. The van der Waals surface area contributed by atoms with E-state index in [9.17, 15) is 9.18 Å². The lowest BCUT2D eigenvalue weighted by atomic mass is 10.1. The highest BCUT2D eigenvalue weighted by Crippen LogP contribution is 2.24. The number of ketones is 1. The molecular formula is C15H12ClFO2. The second kappa shape index (κ2) is 5.85. The Kier molecular flexibility index (Phi) is 4.17. The molecule has 2 aromatic rings. The Bertz CT molecular complexity index is 611. The van der Waals surface area contributed by atoms with E-state index in [1.165, 1.54) is 12.1 Å². The summed E-state index contributed by atoms with van der Waals surface area (Å²) in [6, 6.07) is 11.6. The van der Waals surface area contributed by atoms with Gasteiger partial charge in [0.15, 0.2) is 24.0 Å². The largest absolute Gasteiger partial charge is 0.482 e. The molecule has 0 spiro atoms. The van der Waals surface area contributed by atoms with Crippen molar-refractivity contribution in [3.8, 4) is 5.75 Å². The van der Waals surface area contributed by atoms with Gasteiger partial charge in [-0.25, -0.2) is 4.39 Å². The van der Waals surface area contributed by atoms with Crippen LogP contribution < -0.4 is 4.74 Å². The van der Waals surface area contributed by atoms with Gasteiger partial charge in [-0.15, -0.1) is 0 Å². The van der Waals surface area contributed by atoms with E-state index in [-0.39, 0.29) is 23.2 Å². The van der Waals surface area contributed by atoms with Gasteiger partial charge < -0.3 is 4.74 Å². The standard InChI is InChI=1S/C15H12ClFO2/c1-10-4-2-5-11(8-10)13(18)9-19-14-7-3-6-12(16)15(14)17/h2-8H,9H2,1H3. The molecule has 4 heteroatoms. The molecule has 0 bridgehead atoms. The van der Waals surface area contributed by atoms with Crippen molar-refractivity contribution in [2.24, 2.45) is 0 Å². The third-order valence-electron chi connectivity index (χ3n) is 2.61. The average Bonchev–Trinajstić information content (AvgIpc) is 2.40. The van der Waals surface area contributed by atoms with E-state index in [4.69, 9.17) is 16.3 Å². The average molecular weight is 279 g/mol. The quantitative estimate of drug-likeness (QED) is 0.789. The Balaban J connectivity index is 2.07. The predicted molar refractivity (Wildman–Crippen MR) is 72.4 cm³/mol. The summed E-state index contributed by atoms with van der Waals surface area (Å²) >= 11 is 5.63. The first-order chi connectivity index (χ1) is 9.08. The fraction of sp³-hybridized carbons (Fsp3) is 0.133. The summed E-state index contributed by atoms with van der Waals surface area (Å²) < 4.78 is 18.7. The van der Waals surface area contributed by atoms with Crippen LogP contribution in [0.5, 0.6) is 5.75 Å². The van der Waals surface area contributed by atoms with Crippen LogP contribution in [-0.4, -0.2) is 12.4 Å². The normalized spacial score (nSPS) is 10.3. The van der Waals surface area contributed by atoms with E-state index in [2.05, 4.69) is 0 Å². The summed E-state index contributed by atoms with van der Waals surface area (Å²) in [6.07, 6.45) is 0. The summed E-state index contributed by atoms with van der Waals surface area (Å²) in [5, 5.41) is -0.0273. The monoisotopic (exact) mass is 278 g/mol. The Labute approximate surface area is 115 Å². The van der Waals surface area contributed by atoms with E-state index in [1.807, 2.05) is 13.0 Å². The first-order valence-corrected chi connectivity index (χ1v) is 6.12. The minimum atomic E-state index is -0.652. The topological polar surface area (TPSA) is 26.3 Å². The highest BCUT2D eigenvalue weighted by atomic mass is 35.5. The van der Waals surface area contributed by atoms with Crippen molar-refractivity contribution in [2.75, 3.05) is 6.61 Å². The Morgan fingerprint density at radius 3 is 2.74 bits per heavy atom. The van der Waals surface area contributed by atoms with Crippen molar-refractivity contribution in [3.05, 3.63) is 64.4 Å². The highest BCUT2D eigenvalue weighted by molar-refractivity contribution is 6.30. The third kappa shape index (κ3) is 3.32. The van der Waals surface area contributed by atoms with Crippen LogP contribution in [-0.2, 0) is 0 Å². The SMILES string of the molecule is Cc1cccc(C(=O)COc2cccc(Cl)c2F)c1. The fourth-order valence-corrected chi connectivity index (χ4v) is 1.81. The van der Waals surface area contributed by atoms with Gasteiger partial charge in [0.2, 0.25) is 0 Å². The summed E-state index contributed by atoms with van der Waals surface area (Å²) in [4.78, 5) is 11.9. The van der Waals surface area contributed by atoms with Crippen LogP contribution >= 0.6 is 11.6 Å². The molecule has 0 aliphatic rings. The van der Waals surface area contributed by atoms with Gasteiger partial charge in [0.05, 0.1) is 5.02 Å². The molecule has 2 nitrogen and oxygen atoms in total. The van der Waals surface area contributed by atoms with Crippen LogP contribution in [0.2, 0.25) is 5.02 Å². The molecule has 0 heterocycles. The number of carbonyl (C=O) groups is 1. The highest BCUT2D eigenvalue weighted by Gasteiger charge is 2.11. The zero-order valence-electron chi connectivity index (χ0n) is 10.3. The van der Waals surface area contributed by atoms with Crippen LogP contribution in [0.15, 0.2) is 42.5 Å². The maximum absolute atomic E-state index is 13.6. The summed E-state index contributed by atoms with van der Waals surface area (Å²) in [5.74, 6) is -0.877. The molecule has 0 unspecified atom stereocenters. The molecule has 0 aliphatic heterocycles. The molecule has 19 heavy (non-hydrogen) atoms. The molecular weight excluding hydrogens is 267 g/mol. The number of carbonyl (C=O) groups excluding carboxylic acids is 1. The van der Waals surface area contributed by atoms with Crippen molar-refractivity contribution in [1.29, 1.82) is 0 Å². The molecule has 0 amide bonds. The molecule has 98 valence electrons. The molecule has 0 saturated heterocycles. The van der Waals surface area contributed by atoms with Crippen molar-refractivity contribution >= 4 is 17.4 Å². The van der Waals surface area contributed by atoms with E-state index >= 15 is 0 Å². The van der Waals surface area contributed by atoms with Crippen LogP contribution in [0.3, 0.4) is 0 Å². The number of halogens is 2. The fourth-order valence-electron chi connectivity index (χ4n) is 1.64. The number of ether oxygens (including phenoxy) is 1. The van der Waals surface area contributed by atoms with Crippen molar-refractivity contribution in [1.82, 2.24) is 0 Å². The number of hydrogen-bond donors (Lipinski definition) is 0. The van der Waals surface area contributed by atoms with Crippen LogP contribution in [0.1, 0.15) is 15.9 Å². The van der Waals surface area contributed by atoms with Gasteiger partial charge in [-0.2, -0.15) is 0 Å².